The first-order chi connectivity index (χ1) is 8.54. The van der Waals surface area contributed by atoms with Gasteiger partial charge in [0.15, 0.2) is 0 Å². The van der Waals surface area contributed by atoms with Crippen LogP contribution < -0.4 is 0 Å². The zero-order valence-electron chi connectivity index (χ0n) is 8.77. The minimum Gasteiger partial charge on any atom is -0.206 e. The third-order valence-electron chi connectivity index (χ3n) is 2.33. The molecule has 0 amide bonds. The van der Waals surface area contributed by atoms with Crippen molar-refractivity contribution >= 4 is 11.6 Å². The van der Waals surface area contributed by atoms with Crippen LogP contribution in [0.15, 0.2) is 24.3 Å². The molecule has 0 saturated heterocycles. The van der Waals surface area contributed by atoms with Gasteiger partial charge < -0.3 is 0 Å². The summed E-state index contributed by atoms with van der Waals surface area (Å²) in [6.07, 6.45) is 0. The van der Waals surface area contributed by atoms with Crippen molar-refractivity contribution in [3.63, 3.8) is 0 Å². The van der Waals surface area contributed by atoms with Gasteiger partial charge in [0.2, 0.25) is 0 Å². The zero-order chi connectivity index (χ0) is 13.3. The molecule has 2 aromatic rings. The van der Waals surface area contributed by atoms with E-state index >= 15 is 0 Å². The van der Waals surface area contributed by atoms with Crippen molar-refractivity contribution in [2.45, 2.75) is 0 Å². The van der Waals surface area contributed by atoms with E-state index in [0.29, 0.717) is 0 Å². The lowest BCUT2D eigenvalue weighted by molar-refractivity contribution is 0.581. The Balaban J connectivity index is 2.73. The van der Waals surface area contributed by atoms with Gasteiger partial charge in [-0.2, -0.15) is 5.26 Å². The van der Waals surface area contributed by atoms with E-state index in [-0.39, 0.29) is 16.1 Å². The third-order valence-corrected chi connectivity index (χ3v) is 2.60. The molecule has 0 atom stereocenters. The first-order valence-corrected chi connectivity index (χ1v) is 5.17. The Hall–Kier alpha value is -1.99. The molecule has 1 nitrogen and oxygen atoms in total. The molecule has 0 bridgehead atoms. The first-order valence-electron chi connectivity index (χ1n) is 4.79. The average Bonchev–Trinajstić information content (AvgIpc) is 2.33. The molecule has 5 heteroatoms. The predicted molar refractivity (Wildman–Crippen MR) is 60.3 cm³/mol. The van der Waals surface area contributed by atoms with Crippen LogP contribution in [-0.2, 0) is 0 Å². The van der Waals surface area contributed by atoms with E-state index in [4.69, 9.17) is 16.9 Å². The Bertz CT molecular complexity index is 639. The van der Waals surface area contributed by atoms with Gasteiger partial charge in [0.1, 0.15) is 17.5 Å². The topological polar surface area (TPSA) is 23.8 Å². The van der Waals surface area contributed by atoms with Gasteiger partial charge in [-0.05, 0) is 12.1 Å². The number of hydrogen-bond donors (Lipinski definition) is 0. The van der Waals surface area contributed by atoms with Crippen LogP contribution in [0.3, 0.4) is 0 Å². The van der Waals surface area contributed by atoms with Crippen LogP contribution >= 0.6 is 11.6 Å². The number of halogens is 4. The Kier molecular flexibility index (Phi) is 3.26. The summed E-state index contributed by atoms with van der Waals surface area (Å²) in [5, 5.41) is 8.21. The lowest BCUT2D eigenvalue weighted by Crippen LogP contribution is -1.95. The summed E-state index contributed by atoms with van der Waals surface area (Å²) < 4.78 is 41.0. The van der Waals surface area contributed by atoms with Crippen LogP contribution in [0.4, 0.5) is 13.2 Å². The van der Waals surface area contributed by atoms with Gasteiger partial charge in [-0.1, -0.05) is 23.7 Å². The molecule has 0 saturated carbocycles. The molecule has 0 aliphatic heterocycles. The molecule has 18 heavy (non-hydrogen) atoms. The van der Waals surface area contributed by atoms with Gasteiger partial charge in [-0.25, -0.2) is 13.2 Å². The number of rotatable bonds is 1. The molecule has 0 aromatic heterocycles. The summed E-state index contributed by atoms with van der Waals surface area (Å²) >= 11 is 5.50. The van der Waals surface area contributed by atoms with Crippen LogP contribution in [0.1, 0.15) is 5.56 Å². The Morgan fingerprint density at radius 1 is 1.17 bits per heavy atom. The highest BCUT2D eigenvalue weighted by Gasteiger charge is 2.18. The average molecular weight is 267 g/mol. The van der Waals surface area contributed by atoms with E-state index in [1.807, 2.05) is 0 Å². The van der Waals surface area contributed by atoms with Crippen molar-refractivity contribution in [3.8, 4) is 17.2 Å². The van der Waals surface area contributed by atoms with Crippen molar-refractivity contribution in [2.24, 2.45) is 0 Å². The molecule has 2 rings (SSSR count). The fourth-order valence-corrected chi connectivity index (χ4v) is 1.71. The van der Waals surface area contributed by atoms with Crippen molar-refractivity contribution in [3.05, 3.63) is 58.4 Å². The number of benzene rings is 2. The molecular formula is C13H4ClF3N. The summed E-state index contributed by atoms with van der Waals surface area (Å²) in [6, 6.07) is 8.07. The van der Waals surface area contributed by atoms with Crippen LogP contribution in [0.5, 0.6) is 0 Å². The first kappa shape index (κ1) is 12.5. The van der Waals surface area contributed by atoms with Gasteiger partial charge in [0.25, 0.3) is 0 Å². The summed E-state index contributed by atoms with van der Waals surface area (Å²) in [6.45, 7) is 0. The molecule has 0 fully saturated rings. The number of nitrogens with zero attached hydrogens (tertiary/aromatic N) is 1. The van der Waals surface area contributed by atoms with E-state index in [1.165, 1.54) is 6.07 Å². The standard InChI is InChI=1S/C13H4ClF3N/c14-9-3-1-2-8(13(9)17)12-10(15)4-7(6-18)5-11(12)16/h1-2,4-5H. The predicted octanol–water partition coefficient (Wildman–Crippen LogP) is 4.10. The number of nitriles is 1. The maximum absolute atomic E-state index is 13.7. The maximum Gasteiger partial charge on any atom is 0.150 e. The maximum atomic E-state index is 13.7. The van der Waals surface area contributed by atoms with Crippen molar-refractivity contribution in [1.82, 2.24) is 0 Å². The lowest BCUT2D eigenvalue weighted by Gasteiger charge is -2.07. The van der Waals surface area contributed by atoms with Crippen LogP contribution in [0, 0.1) is 34.8 Å². The minimum atomic E-state index is -1.02. The third kappa shape index (κ3) is 2.05. The molecule has 2 aromatic carbocycles. The monoisotopic (exact) mass is 266 g/mol. The van der Waals surface area contributed by atoms with Gasteiger partial charge in [0.05, 0.1) is 22.2 Å². The van der Waals surface area contributed by atoms with Crippen LogP contribution in [0.2, 0.25) is 5.02 Å². The van der Waals surface area contributed by atoms with Gasteiger partial charge >= 0.3 is 0 Å². The second-order valence-corrected chi connectivity index (χ2v) is 3.82. The van der Waals surface area contributed by atoms with Crippen molar-refractivity contribution in [1.29, 1.82) is 5.26 Å². The molecular weight excluding hydrogens is 263 g/mol. The molecule has 89 valence electrons. The molecule has 0 aliphatic rings. The molecule has 0 unspecified atom stereocenters. The van der Waals surface area contributed by atoms with E-state index < -0.39 is 23.0 Å². The van der Waals surface area contributed by atoms with Crippen molar-refractivity contribution < 1.29 is 13.2 Å². The highest BCUT2D eigenvalue weighted by atomic mass is 35.5. The summed E-state index contributed by atoms with van der Waals surface area (Å²) in [5.74, 6) is -3.00. The molecule has 0 heterocycles. The van der Waals surface area contributed by atoms with E-state index in [9.17, 15) is 13.2 Å². The zero-order valence-corrected chi connectivity index (χ0v) is 9.52. The minimum absolute atomic E-state index is 0.178. The van der Waals surface area contributed by atoms with Crippen molar-refractivity contribution in [2.75, 3.05) is 0 Å². The van der Waals surface area contributed by atoms with Gasteiger partial charge in [0, 0.05) is 11.6 Å². The highest BCUT2D eigenvalue weighted by molar-refractivity contribution is 6.30. The molecule has 0 N–H and O–H groups in total. The quantitative estimate of drug-likeness (QED) is 0.762. The fraction of sp³-hybridized carbons (Fsp3) is 0. The molecule has 0 spiro atoms. The fourth-order valence-electron chi connectivity index (χ4n) is 1.54. The highest BCUT2D eigenvalue weighted by Crippen LogP contribution is 2.31. The van der Waals surface area contributed by atoms with E-state index in [0.717, 1.165) is 18.2 Å². The van der Waals surface area contributed by atoms with E-state index in [1.54, 1.807) is 6.07 Å². The Morgan fingerprint density at radius 3 is 2.33 bits per heavy atom. The normalized spacial score (nSPS) is 10.2. The largest absolute Gasteiger partial charge is 0.206 e. The van der Waals surface area contributed by atoms with Gasteiger partial charge in [-0.15, -0.1) is 0 Å². The summed E-state index contributed by atoms with van der Waals surface area (Å²) in [7, 11) is 0. The Morgan fingerprint density at radius 2 is 1.78 bits per heavy atom. The number of hydrogen-bond acceptors (Lipinski definition) is 1. The lowest BCUT2D eigenvalue weighted by atomic mass is 10.0. The molecule has 0 aliphatic carbocycles. The summed E-state index contributed by atoms with van der Waals surface area (Å²) in [4.78, 5) is 0. The Labute approximate surface area is 106 Å². The summed E-state index contributed by atoms with van der Waals surface area (Å²) in [5.41, 5.74) is -1.04. The smallest absolute Gasteiger partial charge is 0.150 e. The molecule has 1 radical (unpaired) electrons. The SMILES string of the molecule is N#Cc1cc(F)c(-c2cc[c]c(Cl)c2F)c(F)c1. The second-order valence-electron chi connectivity index (χ2n) is 3.45. The van der Waals surface area contributed by atoms with Crippen LogP contribution in [-0.4, -0.2) is 0 Å². The van der Waals surface area contributed by atoms with Gasteiger partial charge in [-0.3, -0.25) is 0 Å². The van der Waals surface area contributed by atoms with E-state index in [2.05, 4.69) is 6.07 Å². The van der Waals surface area contributed by atoms with Crippen LogP contribution in [0.25, 0.3) is 11.1 Å². The second kappa shape index (κ2) is 4.71.